The zero-order chi connectivity index (χ0) is 20.7. The summed E-state index contributed by atoms with van der Waals surface area (Å²) < 4.78 is 16.6. The van der Waals surface area contributed by atoms with Gasteiger partial charge in [0.25, 0.3) is 0 Å². The Morgan fingerprint density at radius 3 is 2.68 bits per heavy atom. The highest BCUT2D eigenvalue weighted by Gasteiger charge is 2.16. The maximum atomic E-state index is 14.7. The van der Waals surface area contributed by atoms with Gasteiger partial charge in [0, 0.05) is 49.5 Å². The van der Waals surface area contributed by atoms with Crippen molar-refractivity contribution in [1.82, 2.24) is 30.3 Å². The minimum absolute atomic E-state index is 0. The average Bonchev–Trinajstić information content (AvgIpc) is 3.20. The molecule has 31 heavy (non-hydrogen) atoms. The highest BCUT2D eigenvalue weighted by molar-refractivity contribution is 6.01. The third-order valence-corrected chi connectivity index (χ3v) is 5.33. The number of benzene rings is 2. The molecule has 1 saturated heterocycles. The van der Waals surface area contributed by atoms with Crippen LogP contribution >= 0.6 is 12.4 Å². The summed E-state index contributed by atoms with van der Waals surface area (Å²) in [4.78, 5) is 11.1. The van der Waals surface area contributed by atoms with Crippen molar-refractivity contribution >= 4 is 51.7 Å². The zero-order valence-electron chi connectivity index (χ0n) is 17.3. The average molecular weight is 443 g/mol. The number of hydrogen-bond donors (Lipinski definition) is 2. The van der Waals surface area contributed by atoms with Gasteiger partial charge in [-0.2, -0.15) is 0 Å². The van der Waals surface area contributed by atoms with E-state index in [-0.39, 0.29) is 24.3 Å². The minimum atomic E-state index is -0.257. The molecule has 162 valence electrons. The highest BCUT2D eigenvalue weighted by atomic mass is 35.5. The minimum Gasteiger partial charge on any atom is -0.367 e. The third-order valence-electron chi connectivity index (χ3n) is 5.33. The van der Waals surface area contributed by atoms with Gasteiger partial charge in [0.2, 0.25) is 5.95 Å². The lowest BCUT2D eigenvalue weighted by atomic mass is 10.2. The molecule has 1 aliphatic heterocycles. The van der Waals surface area contributed by atoms with Crippen molar-refractivity contribution in [3.63, 3.8) is 0 Å². The number of nitrogens with one attached hydrogen (secondary N) is 2. The molecule has 0 spiro atoms. The molecule has 0 aliphatic carbocycles. The molecule has 5 rings (SSSR count). The number of rotatable bonds is 4. The third kappa shape index (κ3) is 3.98. The number of fused-ring (bicyclic) bond motifs is 3. The van der Waals surface area contributed by atoms with E-state index in [9.17, 15) is 4.39 Å². The fourth-order valence-corrected chi connectivity index (χ4v) is 3.82. The maximum absolute atomic E-state index is 14.7. The van der Waals surface area contributed by atoms with Crippen LogP contribution in [0, 0.1) is 5.82 Å². The largest absolute Gasteiger partial charge is 0.367 e. The normalized spacial score (nSPS) is 14.3. The van der Waals surface area contributed by atoms with Gasteiger partial charge in [0.1, 0.15) is 22.4 Å². The van der Waals surface area contributed by atoms with Crippen LogP contribution in [0.5, 0.6) is 0 Å². The van der Waals surface area contributed by atoms with Crippen LogP contribution in [-0.4, -0.2) is 51.1 Å². The van der Waals surface area contributed by atoms with E-state index in [0.29, 0.717) is 17.3 Å². The van der Waals surface area contributed by atoms with Crippen molar-refractivity contribution in [3.8, 4) is 0 Å². The van der Waals surface area contributed by atoms with Gasteiger partial charge in [-0.25, -0.2) is 19.0 Å². The summed E-state index contributed by atoms with van der Waals surface area (Å²) in [6.07, 6.45) is 1.76. The fourth-order valence-electron chi connectivity index (χ4n) is 3.82. The molecule has 4 aromatic rings. The molecule has 0 amide bonds. The van der Waals surface area contributed by atoms with Crippen LogP contribution < -0.4 is 15.5 Å². The van der Waals surface area contributed by atoms with Gasteiger partial charge in [-0.1, -0.05) is 5.21 Å². The number of halogens is 2. The van der Waals surface area contributed by atoms with Crippen molar-refractivity contribution in [1.29, 1.82) is 0 Å². The fraction of sp³-hybridized carbons (Fsp3) is 0.333. The molecule has 1 fully saturated rings. The lowest BCUT2D eigenvalue weighted by Gasteiger charge is -2.29. The van der Waals surface area contributed by atoms with E-state index >= 15 is 0 Å². The Labute approximate surface area is 185 Å². The highest BCUT2D eigenvalue weighted by Crippen LogP contribution is 2.27. The van der Waals surface area contributed by atoms with Crippen molar-refractivity contribution in [3.05, 3.63) is 42.3 Å². The van der Waals surface area contributed by atoms with Crippen molar-refractivity contribution in [2.45, 2.75) is 19.9 Å². The summed E-state index contributed by atoms with van der Waals surface area (Å²) >= 11 is 0. The summed E-state index contributed by atoms with van der Waals surface area (Å²) in [7, 11) is 0. The van der Waals surface area contributed by atoms with Gasteiger partial charge in [-0.3, -0.25) is 0 Å². The van der Waals surface area contributed by atoms with E-state index in [1.165, 1.54) is 6.07 Å². The van der Waals surface area contributed by atoms with Gasteiger partial charge in [-0.05, 0) is 44.2 Å². The van der Waals surface area contributed by atoms with E-state index in [4.69, 9.17) is 4.98 Å². The monoisotopic (exact) mass is 442 g/mol. The molecular formula is C21H24ClFN8. The summed E-state index contributed by atoms with van der Waals surface area (Å²) in [5.41, 5.74) is 3.64. The second kappa shape index (κ2) is 8.60. The van der Waals surface area contributed by atoms with Gasteiger partial charge in [0.15, 0.2) is 0 Å². The summed E-state index contributed by atoms with van der Waals surface area (Å²) in [6, 6.07) is 9.16. The molecule has 2 aromatic heterocycles. The van der Waals surface area contributed by atoms with E-state index in [1.807, 2.05) is 22.9 Å². The Balaban J connectivity index is 0.00000231. The van der Waals surface area contributed by atoms with Crippen LogP contribution in [0.2, 0.25) is 0 Å². The van der Waals surface area contributed by atoms with Crippen LogP contribution in [0.25, 0.3) is 21.9 Å². The molecule has 8 nitrogen and oxygen atoms in total. The van der Waals surface area contributed by atoms with Crippen LogP contribution in [-0.2, 0) is 0 Å². The standard InChI is InChI=1S/C21H23FN8.ClH/c1-13(2)30-20-17(27-28-30)5-3-14-12-24-21(26-19(14)20)25-15-4-6-18(16(22)11-15)29-9-7-23-8-10-29;/h3-6,11-13,23H,7-10H2,1-2H3,(H,24,25,26);1H. The molecule has 3 heterocycles. The predicted molar refractivity (Wildman–Crippen MR) is 123 cm³/mol. The number of piperazine rings is 1. The Morgan fingerprint density at radius 1 is 1.13 bits per heavy atom. The van der Waals surface area contributed by atoms with Gasteiger partial charge in [0.05, 0.1) is 5.69 Å². The summed E-state index contributed by atoms with van der Waals surface area (Å²) in [5.74, 6) is 0.146. The quantitative estimate of drug-likeness (QED) is 0.498. The first kappa shape index (κ1) is 21.2. The van der Waals surface area contributed by atoms with Crippen molar-refractivity contribution in [2.75, 3.05) is 36.4 Å². The number of anilines is 3. The molecule has 0 saturated carbocycles. The number of hydrogen-bond acceptors (Lipinski definition) is 7. The SMILES string of the molecule is CC(C)n1nnc2ccc3cnc(Nc4ccc(N5CCNCC5)c(F)c4)nc3c21.Cl. The van der Waals surface area contributed by atoms with E-state index in [0.717, 1.165) is 48.1 Å². The molecule has 0 bridgehead atoms. The van der Waals surface area contributed by atoms with Crippen molar-refractivity contribution < 1.29 is 4.39 Å². The Morgan fingerprint density at radius 2 is 1.94 bits per heavy atom. The Kier molecular flexibility index (Phi) is 5.88. The summed E-state index contributed by atoms with van der Waals surface area (Å²) in [6.45, 7) is 7.42. The van der Waals surface area contributed by atoms with E-state index in [2.05, 4.69) is 44.7 Å². The van der Waals surface area contributed by atoms with E-state index < -0.39 is 0 Å². The molecule has 1 aliphatic rings. The topological polar surface area (TPSA) is 83.8 Å². The molecule has 2 N–H and O–H groups in total. The second-order valence-electron chi connectivity index (χ2n) is 7.72. The van der Waals surface area contributed by atoms with Gasteiger partial charge >= 0.3 is 0 Å². The molecule has 0 radical (unpaired) electrons. The molecular weight excluding hydrogens is 419 g/mol. The summed E-state index contributed by atoms with van der Waals surface area (Å²) in [5, 5.41) is 15.8. The first-order valence-electron chi connectivity index (χ1n) is 10.1. The molecule has 0 atom stereocenters. The number of nitrogens with zero attached hydrogens (tertiary/aromatic N) is 6. The number of aromatic nitrogens is 5. The van der Waals surface area contributed by atoms with Crippen LogP contribution in [0.1, 0.15) is 19.9 Å². The zero-order valence-corrected chi connectivity index (χ0v) is 18.2. The van der Waals surface area contributed by atoms with Crippen LogP contribution in [0.3, 0.4) is 0 Å². The predicted octanol–water partition coefficient (Wildman–Crippen LogP) is 3.67. The Hall–Kier alpha value is -3.04. The van der Waals surface area contributed by atoms with Crippen LogP contribution in [0.4, 0.5) is 21.7 Å². The lowest BCUT2D eigenvalue weighted by Crippen LogP contribution is -2.43. The van der Waals surface area contributed by atoms with Crippen molar-refractivity contribution in [2.24, 2.45) is 0 Å². The van der Waals surface area contributed by atoms with Gasteiger partial charge < -0.3 is 15.5 Å². The van der Waals surface area contributed by atoms with Gasteiger partial charge in [-0.15, -0.1) is 17.5 Å². The first-order valence-corrected chi connectivity index (χ1v) is 10.1. The first-order chi connectivity index (χ1) is 14.6. The smallest absolute Gasteiger partial charge is 0.227 e. The molecule has 10 heteroatoms. The van der Waals surface area contributed by atoms with E-state index in [1.54, 1.807) is 12.3 Å². The Bertz CT molecular complexity index is 1220. The molecule has 2 aromatic carbocycles. The second-order valence-corrected chi connectivity index (χ2v) is 7.72. The lowest BCUT2D eigenvalue weighted by molar-refractivity contribution is 0.531. The maximum Gasteiger partial charge on any atom is 0.227 e. The molecule has 0 unspecified atom stereocenters. The van der Waals surface area contributed by atoms with Crippen LogP contribution in [0.15, 0.2) is 36.5 Å².